The minimum Gasteiger partial charge on any atom is -0.459 e. The van der Waals surface area contributed by atoms with Crippen molar-refractivity contribution in [1.29, 1.82) is 0 Å². The van der Waals surface area contributed by atoms with E-state index in [-0.39, 0.29) is 36.4 Å². The van der Waals surface area contributed by atoms with Gasteiger partial charge >= 0.3 is 5.97 Å². The van der Waals surface area contributed by atoms with Crippen LogP contribution in [0.4, 0.5) is 0 Å². The Morgan fingerprint density at radius 2 is 1.61 bits per heavy atom. The van der Waals surface area contributed by atoms with E-state index in [1.54, 1.807) is 33.3 Å². The number of ether oxygens (including phenoxy) is 10. The van der Waals surface area contributed by atoms with Crippen molar-refractivity contribution in [2.75, 3.05) is 20.8 Å². The van der Waals surface area contributed by atoms with Crippen molar-refractivity contribution in [2.24, 2.45) is 23.7 Å². The molecule has 3 N–H and O–H groups in total. The minimum atomic E-state index is -1.88. The van der Waals surface area contributed by atoms with Crippen LogP contribution < -0.4 is 0 Å². The van der Waals surface area contributed by atoms with Crippen molar-refractivity contribution in [1.82, 2.24) is 0 Å². The number of hydrogen-bond donors (Lipinski definition) is 3. The van der Waals surface area contributed by atoms with Gasteiger partial charge in [0.2, 0.25) is 0 Å². The maximum absolute atomic E-state index is 14.3. The van der Waals surface area contributed by atoms with Crippen LogP contribution in [0.2, 0.25) is 0 Å². The first-order valence-electron chi connectivity index (χ1n) is 23.2. The smallest absolute Gasteiger partial charge is 0.337 e. The average molecular weight is 875 g/mol. The highest BCUT2D eigenvalue weighted by atomic mass is 16.7. The standard InChI is InChI=1S/C48H74O14/c1-11-25(2)43-28(5)17-18-47(62-43)23-34-20-33(61-47)16-15-27(4)42(26(3)13-12-14-32-24-55-45-40(49)29(6)19-35(46(51)58-34)48(32,45)52)59-39-22-37(54-10)44(31(8)57-39)60-38-21-36(53-9)41(50)30(7)56-38/h12-15,19,25-26,28-31,33-34,36-45,49-50,52H,11,16-18,20-24H2,1-10H3/b13-12-,27-15-,32-14?/t25-,26-,28-,29?,30-,31-,33+,34-,36-,37-,38-,39-,40+,41+,42-,43+,44-,45+,47+,48+/m0/s1. The number of rotatable bonds is 8. The van der Waals surface area contributed by atoms with Gasteiger partial charge in [0.25, 0.3) is 0 Å². The van der Waals surface area contributed by atoms with Crippen LogP contribution in [0.25, 0.3) is 0 Å². The molecule has 1 unspecified atom stereocenters. The molecule has 0 aromatic heterocycles. The Balaban J connectivity index is 1.18. The zero-order valence-electron chi connectivity index (χ0n) is 38.5. The molecule has 0 amide bonds. The Hall–Kier alpha value is -2.05. The van der Waals surface area contributed by atoms with Crippen LogP contribution in [0.1, 0.15) is 107 Å². The van der Waals surface area contributed by atoms with Gasteiger partial charge in [-0.05, 0) is 56.6 Å². The summed E-state index contributed by atoms with van der Waals surface area (Å²) < 4.78 is 63.9. The van der Waals surface area contributed by atoms with E-state index in [1.807, 2.05) is 26.0 Å². The molecule has 1 spiro atoms. The number of hydrogen-bond acceptors (Lipinski definition) is 14. The van der Waals surface area contributed by atoms with E-state index in [2.05, 4.69) is 40.7 Å². The number of carbonyl (C=O) groups excluding carboxylic acids is 1. The molecule has 14 nitrogen and oxygen atoms in total. The molecule has 7 aliphatic rings. The van der Waals surface area contributed by atoms with Crippen LogP contribution in [0.3, 0.4) is 0 Å². The number of aliphatic hydroxyl groups is 3. The second-order valence-corrected chi connectivity index (χ2v) is 19.4. The molecule has 1 aliphatic carbocycles. The first kappa shape index (κ1) is 47.9. The Morgan fingerprint density at radius 3 is 2.34 bits per heavy atom. The zero-order chi connectivity index (χ0) is 44.7. The third-order valence-corrected chi connectivity index (χ3v) is 14.9. The topological polar surface area (TPSA) is 170 Å². The summed E-state index contributed by atoms with van der Waals surface area (Å²) in [6, 6.07) is 0. The minimum absolute atomic E-state index is 0.00895. The first-order chi connectivity index (χ1) is 29.5. The quantitative estimate of drug-likeness (QED) is 0.204. The highest BCUT2D eigenvalue weighted by Crippen LogP contribution is 2.48. The SMILES string of the molecule is CC[C@H](C)[C@H]1O[C@]2(CC[C@@H]1C)C[C@@H]1C[C@@H](C/C=C(/C)[C@@H](O[C@H]3C[C@H](OC)[C@@H](O[C@H]4C[C@H](OC)[C@H](O)[C@H](C)O4)[C@H](C)O3)[C@@H](C)/C=C\C=C3CO[C@@H]4[C@H](O)C(C)C=C(C(=O)O1)[C@]34O)O2. The van der Waals surface area contributed by atoms with E-state index < -0.39 is 90.8 Å². The fourth-order valence-electron chi connectivity index (χ4n) is 10.9. The number of fused-ring (bicyclic) bond motifs is 2. The lowest BCUT2D eigenvalue weighted by Crippen LogP contribution is -2.56. The van der Waals surface area contributed by atoms with Crippen molar-refractivity contribution in [3.8, 4) is 0 Å². The van der Waals surface area contributed by atoms with E-state index in [0.29, 0.717) is 55.9 Å². The maximum Gasteiger partial charge on any atom is 0.337 e. The van der Waals surface area contributed by atoms with Crippen molar-refractivity contribution in [2.45, 2.75) is 204 Å². The molecule has 6 heterocycles. The summed E-state index contributed by atoms with van der Waals surface area (Å²) in [4.78, 5) is 14.3. The summed E-state index contributed by atoms with van der Waals surface area (Å²) in [7, 11) is 3.23. The fourth-order valence-corrected chi connectivity index (χ4v) is 10.9. The van der Waals surface area contributed by atoms with Crippen molar-refractivity contribution in [3.05, 3.63) is 47.1 Å². The molecule has 0 saturated carbocycles. The normalized spacial score (nSPS) is 48.6. The predicted octanol–water partition coefficient (Wildman–Crippen LogP) is 5.60. The summed E-state index contributed by atoms with van der Waals surface area (Å²) in [6.07, 6.45) is 6.53. The van der Waals surface area contributed by atoms with Gasteiger partial charge in [-0.25, -0.2) is 4.79 Å². The first-order valence-corrected chi connectivity index (χ1v) is 23.2. The van der Waals surface area contributed by atoms with Crippen LogP contribution in [-0.2, 0) is 52.2 Å². The molecule has 7 rings (SSSR count). The van der Waals surface area contributed by atoms with Crippen molar-refractivity contribution in [3.63, 3.8) is 0 Å². The largest absolute Gasteiger partial charge is 0.459 e. The Morgan fingerprint density at radius 1 is 0.903 bits per heavy atom. The fraction of sp³-hybridized carbons (Fsp3) is 0.812. The third-order valence-electron chi connectivity index (χ3n) is 14.9. The summed E-state index contributed by atoms with van der Waals surface area (Å²) in [5, 5.41) is 34.2. The summed E-state index contributed by atoms with van der Waals surface area (Å²) in [5.74, 6) is -1.53. The molecule has 14 heteroatoms. The number of aliphatic hydroxyl groups excluding tert-OH is 2. The summed E-state index contributed by atoms with van der Waals surface area (Å²) >= 11 is 0. The van der Waals surface area contributed by atoms with Gasteiger partial charge in [0.05, 0.1) is 61.0 Å². The van der Waals surface area contributed by atoms with Crippen LogP contribution in [0, 0.1) is 23.7 Å². The van der Waals surface area contributed by atoms with Crippen LogP contribution in [-0.4, -0.2) is 139 Å². The maximum atomic E-state index is 14.3. The molecule has 62 heavy (non-hydrogen) atoms. The lowest BCUT2D eigenvalue weighted by molar-refractivity contribution is -0.340. The van der Waals surface area contributed by atoms with Gasteiger partial charge in [0, 0.05) is 58.2 Å². The van der Waals surface area contributed by atoms with Gasteiger partial charge in [0.15, 0.2) is 18.4 Å². The predicted molar refractivity (Wildman–Crippen MR) is 227 cm³/mol. The molecule has 20 atom stereocenters. The lowest BCUT2D eigenvalue weighted by Gasteiger charge is -2.51. The average Bonchev–Trinajstić information content (AvgIpc) is 3.58. The Kier molecular flexibility index (Phi) is 15.3. The van der Waals surface area contributed by atoms with E-state index in [0.717, 1.165) is 18.4 Å². The zero-order valence-corrected chi connectivity index (χ0v) is 38.5. The van der Waals surface area contributed by atoms with Gasteiger partial charge < -0.3 is 62.7 Å². The van der Waals surface area contributed by atoms with E-state index in [4.69, 9.17) is 47.4 Å². The molecule has 6 aliphatic heterocycles. The van der Waals surface area contributed by atoms with Crippen molar-refractivity contribution < 1.29 is 67.5 Å². The highest BCUT2D eigenvalue weighted by molar-refractivity contribution is 5.93. The summed E-state index contributed by atoms with van der Waals surface area (Å²) in [6.45, 7) is 16.3. The summed E-state index contributed by atoms with van der Waals surface area (Å²) in [5.41, 5.74) is -0.365. The van der Waals surface area contributed by atoms with E-state index >= 15 is 0 Å². The van der Waals surface area contributed by atoms with Crippen molar-refractivity contribution >= 4 is 5.97 Å². The van der Waals surface area contributed by atoms with Gasteiger partial charge in [-0.2, -0.15) is 0 Å². The molecule has 0 aromatic carbocycles. The van der Waals surface area contributed by atoms with E-state index in [1.165, 1.54) is 0 Å². The molecule has 2 bridgehead atoms. The Labute approximate surface area is 368 Å². The van der Waals surface area contributed by atoms with Crippen LogP contribution >= 0.6 is 0 Å². The second kappa shape index (κ2) is 19.8. The Bertz CT molecular complexity index is 1680. The molecule has 0 radical (unpaired) electrons. The van der Waals surface area contributed by atoms with Crippen LogP contribution in [0.5, 0.6) is 0 Å². The molecule has 0 aromatic rings. The monoisotopic (exact) mass is 875 g/mol. The molecular formula is C48H74O14. The number of allylic oxidation sites excluding steroid dienone is 2. The van der Waals surface area contributed by atoms with E-state index in [9.17, 15) is 20.1 Å². The molecular weight excluding hydrogens is 801 g/mol. The molecule has 350 valence electrons. The number of esters is 1. The second-order valence-electron chi connectivity index (χ2n) is 19.4. The van der Waals surface area contributed by atoms with Gasteiger partial charge in [0.1, 0.15) is 30.0 Å². The third kappa shape index (κ3) is 9.73. The van der Waals surface area contributed by atoms with Gasteiger partial charge in [-0.15, -0.1) is 0 Å². The molecule has 5 saturated heterocycles. The van der Waals surface area contributed by atoms with Crippen LogP contribution in [0.15, 0.2) is 47.1 Å². The van der Waals surface area contributed by atoms with Gasteiger partial charge in [-0.3, -0.25) is 0 Å². The number of methoxy groups -OCH3 is 2. The highest BCUT2D eigenvalue weighted by Gasteiger charge is 2.59. The van der Waals surface area contributed by atoms with Gasteiger partial charge in [-0.1, -0.05) is 71.4 Å². The lowest BCUT2D eigenvalue weighted by atomic mass is 9.72. The molecule has 5 fully saturated rings. The number of carbonyl (C=O) groups is 1.